The van der Waals surface area contributed by atoms with Gasteiger partial charge in [0.05, 0.1) is 18.5 Å². The third-order valence-corrected chi connectivity index (χ3v) is 5.40. The van der Waals surface area contributed by atoms with Gasteiger partial charge in [-0.25, -0.2) is 0 Å². The zero-order valence-electron chi connectivity index (χ0n) is 16.8. The van der Waals surface area contributed by atoms with Crippen LogP contribution in [0.1, 0.15) is 30.9 Å². The van der Waals surface area contributed by atoms with Gasteiger partial charge in [-0.3, -0.25) is 14.3 Å². The Hall–Kier alpha value is -2.67. The molecule has 2 aromatic rings. The molecule has 1 aromatic carbocycles. The first-order valence-corrected chi connectivity index (χ1v) is 9.88. The molecule has 28 heavy (non-hydrogen) atoms. The van der Waals surface area contributed by atoms with Crippen LogP contribution in [0.2, 0.25) is 0 Å². The molecule has 0 saturated carbocycles. The summed E-state index contributed by atoms with van der Waals surface area (Å²) in [7, 11) is 1.88. The molecule has 2 heterocycles. The Morgan fingerprint density at radius 2 is 1.93 bits per heavy atom. The summed E-state index contributed by atoms with van der Waals surface area (Å²) in [5.74, 6) is 0.122. The monoisotopic (exact) mass is 383 g/mol. The van der Waals surface area contributed by atoms with Gasteiger partial charge in [0.15, 0.2) is 0 Å². The van der Waals surface area contributed by atoms with E-state index < -0.39 is 0 Å². The maximum absolute atomic E-state index is 12.8. The number of aryl methyl sites for hydroxylation is 1. The van der Waals surface area contributed by atoms with E-state index in [1.54, 1.807) is 4.68 Å². The van der Waals surface area contributed by atoms with Gasteiger partial charge in [0, 0.05) is 51.0 Å². The zero-order valence-corrected chi connectivity index (χ0v) is 16.8. The molecule has 0 spiro atoms. The number of carbonyl (C=O) groups is 2. The van der Waals surface area contributed by atoms with Gasteiger partial charge in [0.1, 0.15) is 0 Å². The maximum Gasteiger partial charge on any atom is 0.229 e. The number of amides is 2. The molecule has 1 aliphatic heterocycles. The number of nitrogens with one attached hydrogen (secondary N) is 2. The lowest BCUT2D eigenvalue weighted by Gasteiger charge is -2.19. The molecule has 2 atom stereocenters. The van der Waals surface area contributed by atoms with Crippen LogP contribution in [0.4, 0.5) is 5.69 Å². The van der Waals surface area contributed by atoms with Crippen molar-refractivity contribution < 1.29 is 9.59 Å². The number of aromatic nitrogens is 2. The van der Waals surface area contributed by atoms with Crippen LogP contribution in [0.3, 0.4) is 0 Å². The quantitative estimate of drug-likeness (QED) is 0.764. The number of anilines is 1. The Balaban J connectivity index is 1.60. The second-order valence-electron chi connectivity index (χ2n) is 7.25. The first-order chi connectivity index (χ1) is 13.5. The first-order valence-electron chi connectivity index (χ1n) is 9.88. The maximum atomic E-state index is 12.8. The largest absolute Gasteiger partial charge is 0.343 e. The van der Waals surface area contributed by atoms with E-state index in [1.165, 1.54) is 0 Å². The van der Waals surface area contributed by atoms with Gasteiger partial charge in [-0.05, 0) is 37.1 Å². The molecule has 1 saturated heterocycles. The van der Waals surface area contributed by atoms with Crippen molar-refractivity contribution in [3.8, 4) is 0 Å². The molecule has 0 radical (unpaired) electrons. The van der Waals surface area contributed by atoms with Gasteiger partial charge >= 0.3 is 0 Å². The Bertz CT molecular complexity index is 810. The molecule has 7 nitrogen and oxygen atoms in total. The molecule has 3 rings (SSSR count). The van der Waals surface area contributed by atoms with Crippen molar-refractivity contribution in [2.24, 2.45) is 13.0 Å². The van der Waals surface area contributed by atoms with Gasteiger partial charge in [-0.1, -0.05) is 12.1 Å². The topological polar surface area (TPSA) is 79.3 Å². The molecular weight excluding hydrogens is 354 g/mol. The molecule has 1 aromatic heterocycles. The minimum atomic E-state index is -0.131. The number of likely N-dealkylation sites (N-methyl/N-ethyl adjacent to an activating group) is 1. The van der Waals surface area contributed by atoms with E-state index in [9.17, 15) is 9.59 Å². The summed E-state index contributed by atoms with van der Waals surface area (Å²) in [5, 5.41) is 10.5. The van der Waals surface area contributed by atoms with Crippen molar-refractivity contribution in [3.05, 3.63) is 47.8 Å². The number of carbonyl (C=O) groups excluding carboxylic acids is 2. The third-order valence-electron chi connectivity index (χ3n) is 5.40. The highest BCUT2D eigenvalue weighted by molar-refractivity contribution is 5.93. The summed E-state index contributed by atoms with van der Waals surface area (Å²) < 4.78 is 1.76. The smallest absolute Gasteiger partial charge is 0.229 e. The highest BCUT2D eigenvalue weighted by Gasteiger charge is 2.34. The Labute approximate surface area is 166 Å². The fourth-order valence-electron chi connectivity index (χ4n) is 3.74. The summed E-state index contributed by atoms with van der Waals surface area (Å²) in [6, 6.07) is 7.54. The van der Waals surface area contributed by atoms with Crippen LogP contribution >= 0.6 is 0 Å². The van der Waals surface area contributed by atoms with E-state index in [0.717, 1.165) is 36.4 Å². The lowest BCUT2D eigenvalue weighted by molar-refractivity contribution is -0.130. The van der Waals surface area contributed by atoms with Crippen LogP contribution < -0.4 is 10.6 Å². The summed E-state index contributed by atoms with van der Waals surface area (Å²) in [6.07, 6.45) is 4.19. The second-order valence-corrected chi connectivity index (χ2v) is 7.25. The van der Waals surface area contributed by atoms with E-state index in [-0.39, 0.29) is 23.7 Å². The van der Waals surface area contributed by atoms with Crippen molar-refractivity contribution in [1.29, 1.82) is 0 Å². The van der Waals surface area contributed by atoms with Crippen LogP contribution in [0.5, 0.6) is 0 Å². The molecule has 0 aliphatic carbocycles. The number of hydrogen-bond acceptors (Lipinski definition) is 4. The van der Waals surface area contributed by atoms with E-state index in [4.69, 9.17) is 0 Å². The number of rotatable bonds is 7. The van der Waals surface area contributed by atoms with Gasteiger partial charge in [0.25, 0.3) is 0 Å². The molecule has 150 valence electrons. The summed E-state index contributed by atoms with van der Waals surface area (Å²) in [5.41, 5.74) is 2.78. The highest BCUT2D eigenvalue weighted by Crippen LogP contribution is 2.29. The standard InChI is InChI=1S/C21H29N5O2/c1-4-26(5-2)20(27)10-15-6-8-17(9-7-15)24-21(28)19-13-22-12-18(19)16-11-23-25(3)14-16/h6-9,11,14,18-19,22H,4-5,10,12-13H2,1-3H3,(H,24,28)/t18-,19+/m1/s1. The summed E-state index contributed by atoms with van der Waals surface area (Å²) in [4.78, 5) is 26.8. The minimum Gasteiger partial charge on any atom is -0.343 e. The lowest BCUT2D eigenvalue weighted by atomic mass is 9.90. The molecule has 0 bridgehead atoms. The van der Waals surface area contributed by atoms with Crippen LogP contribution in [0.15, 0.2) is 36.7 Å². The number of hydrogen-bond donors (Lipinski definition) is 2. The highest BCUT2D eigenvalue weighted by atomic mass is 16.2. The predicted octanol–water partition coefficient (Wildman–Crippen LogP) is 1.77. The molecule has 2 amide bonds. The van der Waals surface area contributed by atoms with Crippen molar-refractivity contribution >= 4 is 17.5 Å². The fourth-order valence-corrected chi connectivity index (χ4v) is 3.74. The number of nitrogens with zero attached hydrogens (tertiary/aromatic N) is 3. The van der Waals surface area contributed by atoms with E-state index in [0.29, 0.717) is 13.0 Å². The molecule has 0 unspecified atom stereocenters. The van der Waals surface area contributed by atoms with Gasteiger partial charge in [-0.2, -0.15) is 5.10 Å². The van der Waals surface area contributed by atoms with E-state index >= 15 is 0 Å². The predicted molar refractivity (Wildman–Crippen MR) is 109 cm³/mol. The second kappa shape index (κ2) is 9.01. The van der Waals surface area contributed by atoms with Gasteiger partial charge in [-0.15, -0.1) is 0 Å². The Morgan fingerprint density at radius 3 is 2.54 bits per heavy atom. The SMILES string of the molecule is CCN(CC)C(=O)Cc1ccc(NC(=O)[C@H]2CNC[C@@H]2c2cnn(C)c2)cc1. The molecule has 2 N–H and O–H groups in total. The van der Waals surface area contributed by atoms with Crippen LogP contribution in [-0.2, 0) is 23.1 Å². The Kier molecular flexibility index (Phi) is 6.46. The fraction of sp³-hybridized carbons (Fsp3) is 0.476. The van der Waals surface area contributed by atoms with Crippen molar-refractivity contribution in [1.82, 2.24) is 20.0 Å². The minimum absolute atomic E-state index is 0.00539. The van der Waals surface area contributed by atoms with E-state index in [2.05, 4.69) is 15.7 Å². The Morgan fingerprint density at radius 1 is 1.21 bits per heavy atom. The van der Waals surface area contributed by atoms with Crippen LogP contribution in [0.25, 0.3) is 0 Å². The van der Waals surface area contributed by atoms with Gasteiger partial charge < -0.3 is 15.5 Å². The average molecular weight is 383 g/mol. The molecule has 7 heteroatoms. The van der Waals surface area contributed by atoms with Gasteiger partial charge in [0.2, 0.25) is 11.8 Å². The lowest BCUT2D eigenvalue weighted by Crippen LogP contribution is -2.31. The van der Waals surface area contributed by atoms with Crippen molar-refractivity contribution in [2.45, 2.75) is 26.2 Å². The molecule has 1 fully saturated rings. The average Bonchev–Trinajstić information content (AvgIpc) is 3.33. The zero-order chi connectivity index (χ0) is 20.1. The number of benzene rings is 1. The summed E-state index contributed by atoms with van der Waals surface area (Å²) in [6.45, 7) is 6.83. The van der Waals surface area contributed by atoms with Crippen LogP contribution in [-0.4, -0.2) is 52.7 Å². The first kappa shape index (κ1) is 20.1. The normalized spacial score (nSPS) is 18.8. The third kappa shape index (κ3) is 4.59. The molecule has 1 aliphatic rings. The summed E-state index contributed by atoms with van der Waals surface area (Å²) >= 11 is 0. The van der Waals surface area contributed by atoms with E-state index in [1.807, 2.05) is 62.5 Å². The van der Waals surface area contributed by atoms with Crippen LogP contribution in [0, 0.1) is 5.92 Å². The van der Waals surface area contributed by atoms with Crippen molar-refractivity contribution in [2.75, 3.05) is 31.5 Å². The molecular formula is C21H29N5O2. The van der Waals surface area contributed by atoms with Crippen molar-refractivity contribution in [3.63, 3.8) is 0 Å².